The van der Waals surface area contributed by atoms with Gasteiger partial charge in [-0.15, -0.1) is 0 Å². The Kier molecular flexibility index (Phi) is 3.31. The van der Waals surface area contributed by atoms with Crippen LogP contribution < -0.4 is 0 Å². The highest BCUT2D eigenvalue weighted by Crippen LogP contribution is 2.27. The normalized spacial score (nSPS) is 10.1. The zero-order valence-electron chi connectivity index (χ0n) is 7.04. The van der Waals surface area contributed by atoms with Crippen molar-refractivity contribution in [1.82, 2.24) is 4.98 Å². The van der Waals surface area contributed by atoms with Crippen LogP contribution in [0.4, 0.5) is 8.78 Å². The summed E-state index contributed by atoms with van der Waals surface area (Å²) in [5, 5.41) is 17.2. The maximum atomic E-state index is 12.3. The molecule has 1 aromatic heterocycles. The van der Waals surface area contributed by atoms with Crippen LogP contribution in [0.25, 0.3) is 0 Å². The van der Waals surface area contributed by atoms with Gasteiger partial charge < -0.3 is 5.11 Å². The lowest BCUT2D eigenvalue weighted by Gasteiger charge is -2.04. The van der Waals surface area contributed by atoms with Gasteiger partial charge in [0.1, 0.15) is 11.8 Å². The molecule has 0 unspecified atom stereocenters. The Balaban J connectivity index is 3.44. The van der Waals surface area contributed by atoms with E-state index in [9.17, 15) is 13.6 Å². The van der Waals surface area contributed by atoms with Crippen molar-refractivity contribution in [2.45, 2.75) is 6.43 Å². The van der Waals surface area contributed by atoms with Crippen LogP contribution in [0.1, 0.15) is 28.2 Å². The number of hydrogen-bond acceptors (Lipinski definition) is 3. The van der Waals surface area contributed by atoms with Crippen LogP contribution in [0.3, 0.4) is 0 Å². The average Bonchev–Trinajstić information content (AvgIpc) is 2.16. The Labute approximate surface area is 91.3 Å². The summed E-state index contributed by atoms with van der Waals surface area (Å²) < 4.78 is 24.5. The van der Waals surface area contributed by atoms with E-state index in [2.05, 4.69) is 20.9 Å². The third kappa shape index (κ3) is 2.27. The highest BCUT2D eigenvalue weighted by atomic mass is 79.9. The first kappa shape index (κ1) is 11.5. The molecular formula is C8H3BrF2N2O2. The van der Waals surface area contributed by atoms with Gasteiger partial charge in [-0.2, -0.15) is 5.26 Å². The number of alkyl halides is 2. The number of hydrogen-bond donors (Lipinski definition) is 1. The molecule has 7 heteroatoms. The van der Waals surface area contributed by atoms with Gasteiger partial charge in [-0.3, -0.25) is 0 Å². The Bertz CT molecular complexity index is 457. The second-order valence-electron chi connectivity index (χ2n) is 2.47. The summed E-state index contributed by atoms with van der Waals surface area (Å²) in [6.45, 7) is 0. The summed E-state index contributed by atoms with van der Waals surface area (Å²) >= 11 is 2.76. The molecule has 1 heterocycles. The SMILES string of the molecule is N#Cc1nc(C(F)F)c(Br)cc1C(=O)O. The first-order chi connectivity index (χ1) is 6.97. The number of nitriles is 1. The minimum atomic E-state index is -2.87. The fourth-order valence-corrected chi connectivity index (χ4v) is 1.40. The van der Waals surface area contributed by atoms with Gasteiger partial charge in [0.15, 0.2) is 5.69 Å². The summed E-state index contributed by atoms with van der Waals surface area (Å²) in [5.41, 5.74) is -1.58. The van der Waals surface area contributed by atoms with Crippen LogP contribution in [-0.4, -0.2) is 16.1 Å². The second kappa shape index (κ2) is 4.31. The molecule has 0 aromatic carbocycles. The van der Waals surface area contributed by atoms with Crippen molar-refractivity contribution in [3.05, 3.63) is 27.5 Å². The first-order valence-corrected chi connectivity index (χ1v) is 4.38. The minimum Gasteiger partial charge on any atom is -0.478 e. The summed E-state index contributed by atoms with van der Waals surface area (Å²) in [6, 6.07) is 2.39. The standard InChI is InChI=1S/C8H3BrF2N2O2/c9-4-1-3(8(14)15)5(2-12)13-6(4)7(10)11/h1,7H,(H,14,15). The monoisotopic (exact) mass is 276 g/mol. The Morgan fingerprint density at radius 1 is 1.67 bits per heavy atom. The van der Waals surface area contributed by atoms with Gasteiger partial charge in [-0.1, -0.05) is 0 Å². The van der Waals surface area contributed by atoms with E-state index in [1.807, 2.05) is 0 Å². The largest absolute Gasteiger partial charge is 0.478 e. The number of halogens is 3. The van der Waals surface area contributed by atoms with E-state index in [0.717, 1.165) is 6.07 Å². The predicted octanol–water partition coefficient (Wildman–Crippen LogP) is 2.35. The van der Waals surface area contributed by atoms with E-state index in [-0.39, 0.29) is 4.47 Å². The summed E-state index contributed by atoms with van der Waals surface area (Å²) in [4.78, 5) is 13.9. The van der Waals surface area contributed by atoms with Crippen molar-refractivity contribution in [1.29, 1.82) is 5.26 Å². The maximum Gasteiger partial charge on any atom is 0.338 e. The van der Waals surface area contributed by atoms with Crippen LogP contribution in [-0.2, 0) is 0 Å². The van der Waals surface area contributed by atoms with Gasteiger partial charge in [0.2, 0.25) is 0 Å². The molecule has 1 N–H and O–H groups in total. The molecule has 0 atom stereocenters. The number of carboxylic acid groups (broad SMARTS) is 1. The molecule has 0 aliphatic rings. The van der Waals surface area contributed by atoms with Crippen LogP contribution >= 0.6 is 15.9 Å². The van der Waals surface area contributed by atoms with Gasteiger partial charge in [0.25, 0.3) is 6.43 Å². The van der Waals surface area contributed by atoms with Gasteiger partial charge in [0.05, 0.1) is 5.56 Å². The summed E-state index contributed by atoms with van der Waals surface area (Å²) in [5.74, 6) is -1.39. The van der Waals surface area contributed by atoms with Crippen molar-refractivity contribution in [3.63, 3.8) is 0 Å². The van der Waals surface area contributed by atoms with Crippen molar-refractivity contribution in [3.8, 4) is 6.07 Å². The smallest absolute Gasteiger partial charge is 0.338 e. The Morgan fingerprint density at radius 3 is 2.67 bits per heavy atom. The third-order valence-electron chi connectivity index (χ3n) is 1.55. The van der Waals surface area contributed by atoms with Crippen molar-refractivity contribution in [2.75, 3.05) is 0 Å². The van der Waals surface area contributed by atoms with E-state index in [1.54, 1.807) is 0 Å². The van der Waals surface area contributed by atoms with Crippen LogP contribution in [0.15, 0.2) is 10.5 Å². The van der Waals surface area contributed by atoms with Gasteiger partial charge in [-0.25, -0.2) is 18.6 Å². The molecule has 0 saturated heterocycles. The molecule has 0 fully saturated rings. The minimum absolute atomic E-state index is 0.131. The molecule has 15 heavy (non-hydrogen) atoms. The predicted molar refractivity (Wildman–Crippen MR) is 48.6 cm³/mol. The molecule has 0 aliphatic carbocycles. The summed E-state index contributed by atoms with van der Waals surface area (Å²) in [6.07, 6.45) is -2.87. The summed E-state index contributed by atoms with van der Waals surface area (Å²) in [7, 11) is 0. The number of carboxylic acids is 1. The zero-order valence-corrected chi connectivity index (χ0v) is 8.62. The van der Waals surface area contributed by atoms with Crippen molar-refractivity contribution < 1.29 is 18.7 Å². The molecule has 1 rings (SSSR count). The van der Waals surface area contributed by atoms with Gasteiger partial charge in [0, 0.05) is 4.47 Å². The number of aromatic carboxylic acids is 1. The lowest BCUT2D eigenvalue weighted by Crippen LogP contribution is -2.05. The van der Waals surface area contributed by atoms with Crippen LogP contribution in [0.5, 0.6) is 0 Å². The maximum absolute atomic E-state index is 12.3. The topological polar surface area (TPSA) is 74.0 Å². The van der Waals surface area contributed by atoms with Gasteiger partial charge in [-0.05, 0) is 22.0 Å². The molecule has 1 aromatic rings. The second-order valence-corrected chi connectivity index (χ2v) is 3.32. The molecular weight excluding hydrogens is 274 g/mol. The number of rotatable bonds is 2. The van der Waals surface area contributed by atoms with Gasteiger partial charge >= 0.3 is 5.97 Å². The number of pyridine rings is 1. The lowest BCUT2D eigenvalue weighted by atomic mass is 10.2. The van der Waals surface area contributed by atoms with Crippen molar-refractivity contribution in [2.24, 2.45) is 0 Å². The fourth-order valence-electron chi connectivity index (χ4n) is 0.904. The molecule has 0 radical (unpaired) electrons. The number of nitrogens with zero attached hydrogens (tertiary/aromatic N) is 2. The molecule has 0 spiro atoms. The van der Waals surface area contributed by atoms with E-state index >= 15 is 0 Å². The van der Waals surface area contributed by atoms with E-state index < -0.39 is 29.3 Å². The third-order valence-corrected chi connectivity index (χ3v) is 2.18. The highest BCUT2D eigenvalue weighted by Gasteiger charge is 2.20. The fraction of sp³-hybridized carbons (Fsp3) is 0.125. The van der Waals surface area contributed by atoms with E-state index in [0.29, 0.717) is 0 Å². The number of aromatic nitrogens is 1. The quantitative estimate of drug-likeness (QED) is 0.900. The average molecular weight is 277 g/mol. The Morgan fingerprint density at radius 2 is 2.27 bits per heavy atom. The van der Waals surface area contributed by atoms with Crippen LogP contribution in [0, 0.1) is 11.3 Å². The zero-order chi connectivity index (χ0) is 11.6. The lowest BCUT2D eigenvalue weighted by molar-refractivity contribution is 0.0695. The first-order valence-electron chi connectivity index (χ1n) is 3.59. The molecule has 4 nitrogen and oxygen atoms in total. The molecule has 0 bridgehead atoms. The molecule has 0 aliphatic heterocycles. The van der Waals surface area contributed by atoms with E-state index in [4.69, 9.17) is 10.4 Å². The highest BCUT2D eigenvalue weighted by molar-refractivity contribution is 9.10. The number of carbonyl (C=O) groups is 1. The van der Waals surface area contributed by atoms with Crippen LogP contribution in [0.2, 0.25) is 0 Å². The van der Waals surface area contributed by atoms with Crippen molar-refractivity contribution >= 4 is 21.9 Å². The van der Waals surface area contributed by atoms with E-state index in [1.165, 1.54) is 6.07 Å². The Hall–Kier alpha value is -1.55. The molecule has 78 valence electrons. The molecule has 0 amide bonds. The molecule has 0 saturated carbocycles.